The van der Waals surface area contributed by atoms with Gasteiger partial charge in [-0.15, -0.1) is 0 Å². The van der Waals surface area contributed by atoms with Gasteiger partial charge in [0.2, 0.25) is 0 Å². The average molecular weight is 338 g/mol. The molecule has 0 bridgehead atoms. The summed E-state index contributed by atoms with van der Waals surface area (Å²) in [6, 6.07) is 12.9. The summed E-state index contributed by atoms with van der Waals surface area (Å²) in [4.78, 5) is 0. The number of nitrogens with one attached hydrogen (secondary N) is 1. The molecule has 0 atom stereocenters. The lowest BCUT2D eigenvalue weighted by Gasteiger charge is -2.09. The summed E-state index contributed by atoms with van der Waals surface area (Å²) in [6.45, 7) is 4.22. The van der Waals surface area contributed by atoms with Crippen molar-refractivity contribution in [2.75, 3.05) is 6.54 Å². The first-order chi connectivity index (χ1) is 9.70. The third-order valence-electron chi connectivity index (χ3n) is 2.93. The van der Waals surface area contributed by atoms with Crippen molar-refractivity contribution in [1.82, 2.24) is 5.32 Å². The van der Waals surface area contributed by atoms with Crippen LogP contribution in [0.5, 0.6) is 5.75 Å². The summed E-state index contributed by atoms with van der Waals surface area (Å²) in [7, 11) is 0. The van der Waals surface area contributed by atoms with Crippen molar-refractivity contribution in [2.24, 2.45) is 0 Å². The van der Waals surface area contributed by atoms with Crippen molar-refractivity contribution >= 4 is 15.9 Å². The molecule has 0 aliphatic carbocycles. The molecule has 2 nitrogen and oxygen atoms in total. The van der Waals surface area contributed by atoms with E-state index in [0.717, 1.165) is 24.4 Å². The minimum Gasteiger partial charge on any atom is -0.489 e. The van der Waals surface area contributed by atoms with E-state index in [1.54, 1.807) is 6.07 Å². The van der Waals surface area contributed by atoms with Gasteiger partial charge in [-0.3, -0.25) is 0 Å². The second-order valence-corrected chi connectivity index (χ2v) is 5.22. The van der Waals surface area contributed by atoms with Crippen LogP contribution < -0.4 is 10.1 Å². The molecule has 0 saturated heterocycles. The Morgan fingerprint density at radius 1 is 1.15 bits per heavy atom. The molecular weight excluding hydrogens is 321 g/mol. The number of hydrogen-bond donors (Lipinski definition) is 1. The summed E-state index contributed by atoms with van der Waals surface area (Å²) >= 11 is 3.23. The van der Waals surface area contributed by atoms with E-state index in [1.165, 1.54) is 11.6 Å². The van der Waals surface area contributed by atoms with Crippen LogP contribution in [0.15, 0.2) is 46.9 Å². The van der Waals surface area contributed by atoms with Gasteiger partial charge in [0.25, 0.3) is 0 Å². The molecule has 4 heteroatoms. The second kappa shape index (κ2) is 7.41. The van der Waals surface area contributed by atoms with Crippen LogP contribution in [0.2, 0.25) is 0 Å². The highest BCUT2D eigenvalue weighted by Gasteiger charge is 2.05. The van der Waals surface area contributed by atoms with Gasteiger partial charge in [0.1, 0.15) is 18.2 Å². The summed E-state index contributed by atoms with van der Waals surface area (Å²) in [5.74, 6) is 0.508. The topological polar surface area (TPSA) is 21.3 Å². The van der Waals surface area contributed by atoms with Crippen LogP contribution in [0, 0.1) is 5.82 Å². The van der Waals surface area contributed by atoms with Gasteiger partial charge < -0.3 is 10.1 Å². The fourth-order valence-corrected chi connectivity index (χ4v) is 2.17. The van der Waals surface area contributed by atoms with Crippen molar-refractivity contribution in [1.29, 1.82) is 0 Å². The van der Waals surface area contributed by atoms with Gasteiger partial charge >= 0.3 is 0 Å². The van der Waals surface area contributed by atoms with Crippen molar-refractivity contribution in [2.45, 2.75) is 20.1 Å². The number of halogens is 2. The lowest BCUT2D eigenvalue weighted by Crippen LogP contribution is -2.11. The largest absolute Gasteiger partial charge is 0.489 e. The molecule has 2 aromatic carbocycles. The van der Waals surface area contributed by atoms with Crippen LogP contribution in [0.25, 0.3) is 0 Å². The van der Waals surface area contributed by atoms with Gasteiger partial charge in [-0.05, 0) is 46.2 Å². The molecule has 0 unspecified atom stereocenters. The highest BCUT2D eigenvalue weighted by atomic mass is 79.9. The lowest BCUT2D eigenvalue weighted by atomic mass is 10.2. The maximum atomic E-state index is 13.4. The minimum atomic E-state index is -0.271. The summed E-state index contributed by atoms with van der Waals surface area (Å²) in [5, 5.41) is 3.27. The highest BCUT2D eigenvalue weighted by molar-refractivity contribution is 9.10. The quantitative estimate of drug-likeness (QED) is 0.849. The Morgan fingerprint density at radius 3 is 2.60 bits per heavy atom. The van der Waals surface area contributed by atoms with Gasteiger partial charge in [0, 0.05) is 12.1 Å². The molecule has 0 aliphatic heterocycles. The fourth-order valence-electron chi connectivity index (χ4n) is 1.79. The normalized spacial score (nSPS) is 10.6. The smallest absolute Gasteiger partial charge is 0.137 e. The van der Waals surface area contributed by atoms with Gasteiger partial charge in [-0.25, -0.2) is 4.39 Å². The first-order valence-electron chi connectivity index (χ1n) is 6.56. The van der Waals surface area contributed by atoms with Crippen molar-refractivity contribution in [3.05, 3.63) is 63.9 Å². The van der Waals surface area contributed by atoms with Crippen molar-refractivity contribution in [3.8, 4) is 5.75 Å². The molecular formula is C16H17BrFNO. The Bertz CT molecular complexity index is 557. The van der Waals surface area contributed by atoms with Crippen LogP contribution in [0.3, 0.4) is 0 Å². The third-order valence-corrected chi connectivity index (χ3v) is 3.82. The zero-order chi connectivity index (χ0) is 14.4. The standard InChI is InChI=1S/C16H17BrFNO/c1-2-19-10-12-6-8-14(9-7-12)20-11-13-4-3-5-15(18)16(13)17/h3-9,19H,2,10-11H2,1H3. The van der Waals surface area contributed by atoms with E-state index in [1.807, 2.05) is 30.3 Å². The molecule has 0 amide bonds. The maximum Gasteiger partial charge on any atom is 0.137 e. The van der Waals surface area contributed by atoms with Gasteiger partial charge in [0.15, 0.2) is 0 Å². The van der Waals surface area contributed by atoms with E-state index >= 15 is 0 Å². The molecule has 0 saturated carbocycles. The zero-order valence-corrected chi connectivity index (χ0v) is 12.9. The molecule has 2 aromatic rings. The summed E-state index contributed by atoms with van der Waals surface area (Å²) < 4.78 is 19.5. The molecule has 1 N–H and O–H groups in total. The van der Waals surface area contributed by atoms with Crippen molar-refractivity contribution < 1.29 is 9.13 Å². The molecule has 20 heavy (non-hydrogen) atoms. The molecule has 0 aromatic heterocycles. The first kappa shape index (κ1) is 15.0. The lowest BCUT2D eigenvalue weighted by molar-refractivity contribution is 0.304. The van der Waals surface area contributed by atoms with Crippen LogP contribution in [-0.2, 0) is 13.2 Å². The predicted octanol–water partition coefficient (Wildman–Crippen LogP) is 4.28. The van der Waals surface area contributed by atoms with E-state index in [2.05, 4.69) is 28.2 Å². The average Bonchev–Trinajstić information content (AvgIpc) is 2.48. The van der Waals surface area contributed by atoms with Crippen molar-refractivity contribution in [3.63, 3.8) is 0 Å². The minimum absolute atomic E-state index is 0.271. The Balaban J connectivity index is 1.95. The highest BCUT2D eigenvalue weighted by Crippen LogP contribution is 2.22. The van der Waals surface area contributed by atoms with E-state index in [9.17, 15) is 4.39 Å². The fraction of sp³-hybridized carbons (Fsp3) is 0.250. The SMILES string of the molecule is CCNCc1ccc(OCc2cccc(F)c2Br)cc1. The molecule has 0 radical (unpaired) electrons. The number of hydrogen-bond acceptors (Lipinski definition) is 2. The molecule has 106 valence electrons. The van der Waals surface area contributed by atoms with Crippen LogP contribution in [0.1, 0.15) is 18.1 Å². The Labute approximate surface area is 127 Å². The summed E-state index contributed by atoms with van der Waals surface area (Å²) in [5.41, 5.74) is 2.01. The van der Waals surface area contributed by atoms with Crippen LogP contribution in [-0.4, -0.2) is 6.54 Å². The van der Waals surface area contributed by atoms with Gasteiger partial charge in [-0.1, -0.05) is 31.2 Å². The maximum absolute atomic E-state index is 13.4. The van der Waals surface area contributed by atoms with Gasteiger partial charge in [0.05, 0.1) is 4.47 Å². The van der Waals surface area contributed by atoms with Crippen LogP contribution in [0.4, 0.5) is 4.39 Å². The molecule has 0 spiro atoms. The number of rotatable bonds is 6. The second-order valence-electron chi connectivity index (χ2n) is 4.43. The Hall–Kier alpha value is -1.39. The zero-order valence-electron chi connectivity index (χ0n) is 11.3. The molecule has 0 fully saturated rings. The Kier molecular flexibility index (Phi) is 5.56. The molecule has 0 aliphatic rings. The monoisotopic (exact) mass is 337 g/mol. The summed E-state index contributed by atoms with van der Waals surface area (Å²) in [6.07, 6.45) is 0. The predicted molar refractivity (Wildman–Crippen MR) is 82.3 cm³/mol. The van der Waals surface area contributed by atoms with E-state index in [4.69, 9.17) is 4.74 Å². The first-order valence-corrected chi connectivity index (χ1v) is 7.35. The Morgan fingerprint density at radius 2 is 1.90 bits per heavy atom. The van der Waals surface area contributed by atoms with E-state index in [-0.39, 0.29) is 5.82 Å². The van der Waals surface area contributed by atoms with E-state index in [0.29, 0.717) is 11.1 Å². The van der Waals surface area contributed by atoms with Crippen LogP contribution >= 0.6 is 15.9 Å². The number of benzene rings is 2. The molecule has 0 heterocycles. The number of ether oxygens (including phenoxy) is 1. The van der Waals surface area contributed by atoms with E-state index < -0.39 is 0 Å². The third kappa shape index (κ3) is 4.05. The molecule has 2 rings (SSSR count). The van der Waals surface area contributed by atoms with Gasteiger partial charge in [-0.2, -0.15) is 0 Å².